The molecule has 0 radical (unpaired) electrons. The Labute approximate surface area is 178 Å². The van der Waals surface area contributed by atoms with Gasteiger partial charge >= 0.3 is 6.03 Å². The Morgan fingerprint density at radius 3 is 2.55 bits per heavy atom. The van der Waals surface area contributed by atoms with Gasteiger partial charge < -0.3 is 10.6 Å². The average molecular weight is 422 g/mol. The normalized spacial score (nSPS) is 10.8. The van der Waals surface area contributed by atoms with Crippen LogP contribution in [0, 0.1) is 6.92 Å². The number of aryl methyl sites for hydroxylation is 1. The summed E-state index contributed by atoms with van der Waals surface area (Å²) in [6.45, 7) is 2.84. The first-order chi connectivity index (χ1) is 14.1. The molecule has 1 aromatic heterocycles. The molecule has 29 heavy (non-hydrogen) atoms. The van der Waals surface area contributed by atoms with E-state index in [-0.39, 0.29) is 6.03 Å². The number of nitrogens with one attached hydrogen (secondary N) is 2. The zero-order valence-corrected chi connectivity index (χ0v) is 17.5. The molecule has 0 aliphatic rings. The first-order valence-electron chi connectivity index (χ1n) is 9.31. The van der Waals surface area contributed by atoms with Gasteiger partial charge in [-0.3, -0.25) is 0 Å². The molecule has 3 aromatic carbocycles. The summed E-state index contributed by atoms with van der Waals surface area (Å²) < 4.78 is 0. The molecule has 0 fully saturated rings. The number of thiazole rings is 1. The molecule has 146 valence electrons. The van der Waals surface area contributed by atoms with E-state index >= 15 is 0 Å². The molecule has 4 rings (SSSR count). The fraction of sp³-hybridized carbons (Fsp3) is 0.130. The molecule has 0 bridgehead atoms. The molecule has 0 unspecified atom stereocenters. The zero-order chi connectivity index (χ0) is 20.2. The Morgan fingerprint density at radius 1 is 0.966 bits per heavy atom. The van der Waals surface area contributed by atoms with Crippen molar-refractivity contribution in [1.29, 1.82) is 0 Å². The highest BCUT2D eigenvalue weighted by molar-refractivity contribution is 7.15. The minimum absolute atomic E-state index is 0.204. The lowest BCUT2D eigenvalue weighted by Crippen LogP contribution is -2.34. The maximum atomic E-state index is 12.3. The van der Waals surface area contributed by atoms with Gasteiger partial charge in [-0.15, -0.1) is 11.3 Å². The van der Waals surface area contributed by atoms with Crippen molar-refractivity contribution >= 4 is 39.7 Å². The largest absolute Gasteiger partial charge is 0.334 e. The van der Waals surface area contributed by atoms with Crippen LogP contribution in [0.3, 0.4) is 0 Å². The van der Waals surface area contributed by atoms with Gasteiger partial charge in [0.25, 0.3) is 0 Å². The molecule has 6 heteroatoms. The van der Waals surface area contributed by atoms with E-state index < -0.39 is 0 Å². The fourth-order valence-corrected chi connectivity index (χ4v) is 4.51. The molecule has 0 saturated carbocycles. The predicted octanol–water partition coefficient (Wildman–Crippen LogP) is 5.92. The van der Waals surface area contributed by atoms with Gasteiger partial charge in [0.2, 0.25) is 0 Å². The van der Waals surface area contributed by atoms with Crippen LogP contribution in [0.25, 0.3) is 21.3 Å². The molecule has 2 N–H and O–H groups in total. The van der Waals surface area contributed by atoms with E-state index in [0.29, 0.717) is 18.1 Å². The molecule has 0 saturated heterocycles. The van der Waals surface area contributed by atoms with Gasteiger partial charge in [0.1, 0.15) is 5.01 Å². The van der Waals surface area contributed by atoms with Gasteiger partial charge in [0, 0.05) is 17.0 Å². The molecule has 2 amide bonds. The minimum Gasteiger partial charge on any atom is -0.334 e. The fourth-order valence-electron chi connectivity index (χ4n) is 3.19. The van der Waals surface area contributed by atoms with Gasteiger partial charge in [-0.1, -0.05) is 72.3 Å². The van der Waals surface area contributed by atoms with Crippen LogP contribution in [-0.4, -0.2) is 11.0 Å². The number of hydrogen-bond acceptors (Lipinski definition) is 3. The third kappa shape index (κ3) is 4.42. The van der Waals surface area contributed by atoms with Crippen molar-refractivity contribution in [1.82, 2.24) is 15.6 Å². The second kappa shape index (κ2) is 8.64. The van der Waals surface area contributed by atoms with Crippen molar-refractivity contribution in [2.75, 3.05) is 0 Å². The number of carbonyl (C=O) groups is 1. The lowest BCUT2D eigenvalue weighted by atomic mass is 10.0. The summed E-state index contributed by atoms with van der Waals surface area (Å²) >= 11 is 7.82. The van der Waals surface area contributed by atoms with Crippen LogP contribution in [0.4, 0.5) is 4.79 Å². The Balaban J connectivity index is 1.38. The SMILES string of the molecule is Cc1nc(-c2ccccc2Cl)sc1CNC(=O)NCc1cccc2ccccc12. The number of hydrogen-bond donors (Lipinski definition) is 2. The first-order valence-corrected chi connectivity index (χ1v) is 10.5. The van der Waals surface area contributed by atoms with Crippen LogP contribution < -0.4 is 10.6 Å². The van der Waals surface area contributed by atoms with E-state index in [1.54, 1.807) is 11.3 Å². The predicted molar refractivity (Wildman–Crippen MR) is 120 cm³/mol. The zero-order valence-electron chi connectivity index (χ0n) is 15.9. The summed E-state index contributed by atoms with van der Waals surface area (Å²) in [6.07, 6.45) is 0. The Hall–Kier alpha value is -2.89. The van der Waals surface area contributed by atoms with E-state index in [1.165, 1.54) is 5.39 Å². The highest BCUT2D eigenvalue weighted by atomic mass is 35.5. The van der Waals surface area contributed by atoms with Crippen LogP contribution in [0.5, 0.6) is 0 Å². The number of fused-ring (bicyclic) bond motifs is 1. The number of urea groups is 1. The number of benzene rings is 3. The molecule has 4 nitrogen and oxygen atoms in total. The van der Waals surface area contributed by atoms with Gasteiger partial charge in [-0.25, -0.2) is 9.78 Å². The van der Waals surface area contributed by atoms with E-state index in [9.17, 15) is 4.79 Å². The maximum Gasteiger partial charge on any atom is 0.315 e. The van der Waals surface area contributed by atoms with Crippen molar-refractivity contribution in [3.63, 3.8) is 0 Å². The standard InChI is InChI=1S/C23H20ClN3OS/c1-15-21(29-22(27-15)19-11-4-5-12-20(19)24)14-26-23(28)25-13-17-9-6-8-16-7-2-3-10-18(16)17/h2-12H,13-14H2,1H3,(H2,25,26,28). The summed E-state index contributed by atoms with van der Waals surface area (Å²) in [7, 11) is 0. The molecule has 0 spiro atoms. The summed E-state index contributed by atoms with van der Waals surface area (Å²) in [5, 5.41) is 9.72. The number of aromatic nitrogens is 1. The van der Waals surface area contributed by atoms with E-state index in [0.717, 1.165) is 32.1 Å². The van der Waals surface area contributed by atoms with Crippen LogP contribution in [0.2, 0.25) is 5.02 Å². The number of nitrogens with zero attached hydrogens (tertiary/aromatic N) is 1. The van der Waals surface area contributed by atoms with Crippen molar-refractivity contribution in [2.45, 2.75) is 20.0 Å². The third-order valence-corrected chi connectivity index (χ3v) is 6.25. The molecular weight excluding hydrogens is 402 g/mol. The summed E-state index contributed by atoms with van der Waals surface area (Å²) in [5.41, 5.74) is 2.90. The molecule has 4 aromatic rings. The quantitative estimate of drug-likeness (QED) is 0.420. The number of carbonyl (C=O) groups excluding carboxylic acids is 1. The third-order valence-electron chi connectivity index (χ3n) is 4.73. The van der Waals surface area contributed by atoms with Crippen LogP contribution in [0.1, 0.15) is 16.1 Å². The highest BCUT2D eigenvalue weighted by Crippen LogP contribution is 2.32. The topological polar surface area (TPSA) is 54.0 Å². The lowest BCUT2D eigenvalue weighted by molar-refractivity contribution is 0.240. The summed E-state index contributed by atoms with van der Waals surface area (Å²) in [5.74, 6) is 0. The van der Waals surface area contributed by atoms with E-state index in [4.69, 9.17) is 11.6 Å². The van der Waals surface area contributed by atoms with Crippen LogP contribution in [0.15, 0.2) is 66.7 Å². The van der Waals surface area contributed by atoms with Crippen molar-refractivity contribution in [3.05, 3.63) is 87.9 Å². The minimum atomic E-state index is -0.204. The molecule has 0 aliphatic carbocycles. The average Bonchev–Trinajstić information content (AvgIpc) is 3.11. The van der Waals surface area contributed by atoms with Crippen molar-refractivity contribution in [3.8, 4) is 10.6 Å². The second-order valence-electron chi connectivity index (χ2n) is 6.68. The molecule has 0 aliphatic heterocycles. The molecule has 0 atom stereocenters. The lowest BCUT2D eigenvalue weighted by Gasteiger charge is -2.09. The Morgan fingerprint density at radius 2 is 1.69 bits per heavy atom. The molecular formula is C23H20ClN3OS. The van der Waals surface area contributed by atoms with E-state index in [1.807, 2.05) is 55.5 Å². The van der Waals surface area contributed by atoms with Gasteiger partial charge in [-0.2, -0.15) is 0 Å². The van der Waals surface area contributed by atoms with Crippen molar-refractivity contribution in [2.24, 2.45) is 0 Å². The smallest absolute Gasteiger partial charge is 0.315 e. The second-order valence-corrected chi connectivity index (χ2v) is 8.17. The van der Waals surface area contributed by atoms with Gasteiger partial charge in [-0.05, 0) is 29.3 Å². The summed E-state index contributed by atoms with van der Waals surface area (Å²) in [6, 6.07) is 21.7. The van der Waals surface area contributed by atoms with Crippen LogP contribution >= 0.6 is 22.9 Å². The van der Waals surface area contributed by atoms with Crippen molar-refractivity contribution < 1.29 is 4.79 Å². The Kier molecular flexibility index (Phi) is 5.79. The monoisotopic (exact) mass is 421 g/mol. The molecule has 1 heterocycles. The summed E-state index contributed by atoms with van der Waals surface area (Å²) in [4.78, 5) is 17.9. The van der Waals surface area contributed by atoms with Gasteiger partial charge in [0.05, 0.1) is 17.3 Å². The van der Waals surface area contributed by atoms with E-state index in [2.05, 4.69) is 33.8 Å². The van der Waals surface area contributed by atoms with Gasteiger partial charge in [0.15, 0.2) is 0 Å². The van der Waals surface area contributed by atoms with Crippen LogP contribution in [-0.2, 0) is 13.1 Å². The first kappa shape index (κ1) is 19.4. The Bertz CT molecular complexity index is 1170. The number of rotatable bonds is 5. The highest BCUT2D eigenvalue weighted by Gasteiger charge is 2.12. The number of halogens is 1. The maximum absolute atomic E-state index is 12.3. The number of amides is 2.